The number of hydrogen-bond donors (Lipinski definition) is 1. The third-order valence-corrected chi connectivity index (χ3v) is 4.43. The Labute approximate surface area is 156 Å². The summed E-state index contributed by atoms with van der Waals surface area (Å²) in [5.41, 5.74) is 3.44. The Hall–Kier alpha value is -3.42. The molecule has 0 bridgehead atoms. The van der Waals surface area contributed by atoms with E-state index in [0.29, 0.717) is 11.5 Å². The maximum atomic E-state index is 6.13. The van der Waals surface area contributed by atoms with Crippen molar-refractivity contribution < 1.29 is 9.47 Å². The Morgan fingerprint density at radius 1 is 1.22 bits per heavy atom. The lowest BCUT2D eigenvalue weighted by atomic mass is 10.1. The first kappa shape index (κ1) is 17.0. The summed E-state index contributed by atoms with van der Waals surface area (Å²) in [7, 11) is 1.64. The zero-order valence-corrected chi connectivity index (χ0v) is 15.4. The molecule has 2 aromatic heterocycles. The molecule has 1 N–H and O–H groups in total. The van der Waals surface area contributed by atoms with E-state index in [0.717, 1.165) is 34.5 Å². The second-order valence-electron chi connectivity index (χ2n) is 6.21. The van der Waals surface area contributed by atoms with Crippen LogP contribution in [0, 0.1) is 0 Å². The van der Waals surface area contributed by atoms with Gasteiger partial charge in [0.15, 0.2) is 11.5 Å². The summed E-state index contributed by atoms with van der Waals surface area (Å²) in [6.07, 6.45) is 2.52. The lowest BCUT2D eigenvalue weighted by Gasteiger charge is -2.18. The molecule has 1 atom stereocenters. The van der Waals surface area contributed by atoms with Crippen LogP contribution in [0.15, 0.2) is 42.7 Å². The summed E-state index contributed by atoms with van der Waals surface area (Å²) < 4.78 is 13.2. The molecule has 0 aliphatic carbocycles. The van der Waals surface area contributed by atoms with Crippen LogP contribution in [0.3, 0.4) is 0 Å². The maximum Gasteiger partial charge on any atom is 0.172 e. The first-order chi connectivity index (χ1) is 13.2. The second-order valence-corrected chi connectivity index (χ2v) is 6.21. The average Bonchev–Trinajstić information content (AvgIpc) is 3.37. The van der Waals surface area contributed by atoms with Gasteiger partial charge in [-0.3, -0.25) is 0 Å². The highest BCUT2D eigenvalue weighted by molar-refractivity contribution is 5.83. The maximum absolute atomic E-state index is 6.13. The predicted octanol–water partition coefficient (Wildman–Crippen LogP) is 3.39. The Kier molecular flexibility index (Phi) is 4.45. The number of tetrazole rings is 1. The lowest BCUT2D eigenvalue weighted by molar-refractivity contribution is 0.208. The summed E-state index contributed by atoms with van der Waals surface area (Å²) >= 11 is 0. The van der Waals surface area contributed by atoms with E-state index in [1.165, 1.54) is 0 Å². The first-order valence-corrected chi connectivity index (χ1v) is 8.76. The van der Waals surface area contributed by atoms with Gasteiger partial charge in [0, 0.05) is 0 Å². The number of para-hydroxylation sites is 1. The summed E-state index contributed by atoms with van der Waals surface area (Å²) in [6, 6.07) is 11.6. The normalized spacial score (nSPS) is 12.3. The molecule has 2 aromatic carbocycles. The molecule has 0 aliphatic heterocycles. The minimum absolute atomic E-state index is 0.0656. The molecule has 4 aromatic rings. The van der Waals surface area contributed by atoms with Crippen molar-refractivity contribution in [2.24, 2.45) is 0 Å². The number of aromatic amines is 1. The number of nitrogens with zero attached hydrogens (tertiary/aromatic N) is 5. The van der Waals surface area contributed by atoms with Crippen molar-refractivity contribution in [1.82, 2.24) is 30.2 Å². The van der Waals surface area contributed by atoms with E-state index in [9.17, 15) is 0 Å². The van der Waals surface area contributed by atoms with E-state index in [1.807, 2.05) is 43.3 Å². The summed E-state index contributed by atoms with van der Waals surface area (Å²) in [5.74, 6) is 2.09. The van der Waals surface area contributed by atoms with Crippen LogP contribution >= 0.6 is 0 Å². The van der Waals surface area contributed by atoms with Gasteiger partial charge in [-0.25, -0.2) is 9.67 Å². The number of methoxy groups -OCH3 is 1. The van der Waals surface area contributed by atoms with Crippen molar-refractivity contribution in [3.8, 4) is 28.6 Å². The molecule has 0 amide bonds. The van der Waals surface area contributed by atoms with Crippen molar-refractivity contribution in [2.45, 2.75) is 26.4 Å². The van der Waals surface area contributed by atoms with Gasteiger partial charge in [-0.15, -0.1) is 5.10 Å². The highest BCUT2D eigenvalue weighted by Gasteiger charge is 2.17. The number of nitrogens with one attached hydrogen (secondary N) is 1. The van der Waals surface area contributed by atoms with E-state index in [4.69, 9.17) is 14.5 Å². The molecular weight excluding hydrogens is 344 g/mol. The highest BCUT2D eigenvalue weighted by Crippen LogP contribution is 2.38. The molecule has 0 spiro atoms. The average molecular weight is 364 g/mol. The molecule has 8 heteroatoms. The Balaban J connectivity index is 1.80. The van der Waals surface area contributed by atoms with E-state index in [2.05, 4.69) is 27.4 Å². The fraction of sp³-hybridized carbons (Fsp3) is 0.263. The van der Waals surface area contributed by atoms with Gasteiger partial charge < -0.3 is 14.5 Å². The van der Waals surface area contributed by atoms with Crippen LogP contribution in [0.25, 0.3) is 28.1 Å². The van der Waals surface area contributed by atoms with Crippen molar-refractivity contribution in [3.63, 3.8) is 0 Å². The van der Waals surface area contributed by atoms with Gasteiger partial charge >= 0.3 is 0 Å². The van der Waals surface area contributed by atoms with Gasteiger partial charge in [-0.05, 0) is 54.1 Å². The van der Waals surface area contributed by atoms with Gasteiger partial charge in [0.1, 0.15) is 12.2 Å². The third-order valence-electron chi connectivity index (χ3n) is 4.43. The summed E-state index contributed by atoms with van der Waals surface area (Å²) in [5, 5.41) is 11.3. The Morgan fingerprint density at radius 3 is 2.85 bits per heavy atom. The van der Waals surface area contributed by atoms with Crippen molar-refractivity contribution in [2.75, 3.05) is 7.11 Å². The molecule has 0 unspecified atom stereocenters. The molecule has 2 heterocycles. The van der Waals surface area contributed by atoms with Gasteiger partial charge in [-0.1, -0.05) is 13.0 Å². The largest absolute Gasteiger partial charge is 0.493 e. The smallest absolute Gasteiger partial charge is 0.172 e. The number of benzene rings is 2. The van der Waals surface area contributed by atoms with E-state index < -0.39 is 0 Å². The number of hydrogen-bond acceptors (Lipinski definition) is 6. The van der Waals surface area contributed by atoms with E-state index in [1.54, 1.807) is 18.1 Å². The zero-order valence-electron chi connectivity index (χ0n) is 15.4. The van der Waals surface area contributed by atoms with Gasteiger partial charge in [-0.2, -0.15) is 0 Å². The molecule has 0 fully saturated rings. The quantitative estimate of drug-likeness (QED) is 0.564. The molecule has 4 rings (SSSR count). The first-order valence-electron chi connectivity index (χ1n) is 8.76. The number of fused-ring (bicyclic) bond motifs is 1. The number of rotatable bonds is 6. The second kappa shape index (κ2) is 7.06. The number of ether oxygens (including phenoxy) is 2. The van der Waals surface area contributed by atoms with Crippen LogP contribution in [0.2, 0.25) is 0 Å². The monoisotopic (exact) mass is 364 g/mol. The number of H-pyrrole nitrogens is 1. The molecule has 0 saturated carbocycles. The summed E-state index contributed by atoms with van der Waals surface area (Å²) in [4.78, 5) is 8.09. The molecule has 0 aliphatic rings. The predicted molar refractivity (Wildman–Crippen MR) is 101 cm³/mol. The van der Waals surface area contributed by atoms with Crippen LogP contribution in [0.1, 0.15) is 20.3 Å². The SMILES string of the molecule is CC[C@@H](C)Oc1c(OC)cccc1-c1nc2ccc(-n3cnnn3)cc2[nH]1. The van der Waals surface area contributed by atoms with Crippen molar-refractivity contribution >= 4 is 11.0 Å². The highest BCUT2D eigenvalue weighted by atomic mass is 16.5. The fourth-order valence-electron chi connectivity index (χ4n) is 2.82. The topological polar surface area (TPSA) is 90.7 Å². The van der Waals surface area contributed by atoms with Gasteiger partial charge in [0.2, 0.25) is 0 Å². The van der Waals surface area contributed by atoms with Crippen LogP contribution in [0.5, 0.6) is 11.5 Å². The van der Waals surface area contributed by atoms with Crippen molar-refractivity contribution in [3.05, 3.63) is 42.7 Å². The molecule has 0 radical (unpaired) electrons. The Morgan fingerprint density at radius 2 is 2.11 bits per heavy atom. The molecule has 27 heavy (non-hydrogen) atoms. The number of imidazole rings is 1. The number of aromatic nitrogens is 6. The third kappa shape index (κ3) is 3.21. The molecule has 0 saturated heterocycles. The van der Waals surface area contributed by atoms with Gasteiger partial charge in [0.25, 0.3) is 0 Å². The Bertz CT molecular complexity index is 1060. The molecule has 138 valence electrons. The van der Waals surface area contributed by atoms with Crippen LogP contribution in [0.4, 0.5) is 0 Å². The van der Waals surface area contributed by atoms with Crippen LogP contribution < -0.4 is 9.47 Å². The minimum atomic E-state index is 0.0656. The minimum Gasteiger partial charge on any atom is -0.493 e. The van der Waals surface area contributed by atoms with Crippen LogP contribution in [-0.2, 0) is 0 Å². The summed E-state index contributed by atoms with van der Waals surface area (Å²) in [6.45, 7) is 4.12. The standard InChI is InChI=1S/C19H20N6O2/c1-4-12(2)27-18-14(6-5-7-17(18)26-3)19-21-15-9-8-13(10-16(15)22-19)25-11-20-23-24-25/h5-12H,4H2,1-3H3,(H,21,22)/t12-/m1/s1. The molecule has 8 nitrogen and oxygen atoms in total. The van der Waals surface area contributed by atoms with E-state index in [-0.39, 0.29) is 6.10 Å². The lowest BCUT2D eigenvalue weighted by Crippen LogP contribution is -2.11. The fourth-order valence-corrected chi connectivity index (χ4v) is 2.82. The van der Waals surface area contributed by atoms with E-state index >= 15 is 0 Å². The van der Waals surface area contributed by atoms with Gasteiger partial charge in [0.05, 0.1) is 35.5 Å². The van der Waals surface area contributed by atoms with Crippen molar-refractivity contribution in [1.29, 1.82) is 0 Å². The molecular formula is C19H20N6O2. The zero-order chi connectivity index (χ0) is 18.8. The van der Waals surface area contributed by atoms with Crippen LogP contribution in [-0.4, -0.2) is 43.4 Å².